The van der Waals surface area contributed by atoms with Crippen LogP contribution in [0.1, 0.15) is 17.5 Å². The molecule has 0 aromatic heterocycles. The van der Waals surface area contributed by atoms with E-state index >= 15 is 0 Å². The molecule has 0 unspecified atom stereocenters. The summed E-state index contributed by atoms with van der Waals surface area (Å²) in [5.41, 5.74) is -0.831. The highest BCUT2D eigenvalue weighted by atomic mass is 35.5. The molecular formula is C19H17ClF3NO5S. The fourth-order valence-electron chi connectivity index (χ4n) is 2.35. The molecule has 2 rings (SSSR count). The van der Waals surface area contributed by atoms with Crippen LogP contribution in [0.25, 0.3) is 0 Å². The fraction of sp³-hybridized carbons (Fsp3) is 0.263. The Labute approximate surface area is 175 Å². The van der Waals surface area contributed by atoms with Crippen LogP contribution >= 0.6 is 11.6 Å². The van der Waals surface area contributed by atoms with Crippen LogP contribution in [0.15, 0.2) is 47.4 Å². The fourth-order valence-corrected chi connectivity index (χ4v) is 3.74. The number of carbonyl (C=O) groups excluding carboxylic acids is 2. The number of sulfone groups is 1. The highest BCUT2D eigenvalue weighted by molar-refractivity contribution is 7.91. The summed E-state index contributed by atoms with van der Waals surface area (Å²) in [5.74, 6) is -2.53. The maximum atomic E-state index is 13.0. The SMILES string of the molecule is Cc1ccc(S(=O)(=O)CCC(=O)OCC(=O)Nc2ccc(Cl)cc2C(F)(F)F)cc1. The van der Waals surface area contributed by atoms with Gasteiger partial charge in [0.15, 0.2) is 16.4 Å². The lowest BCUT2D eigenvalue weighted by Crippen LogP contribution is -2.23. The molecule has 2 aromatic carbocycles. The zero-order chi connectivity index (χ0) is 22.5. The number of ether oxygens (including phenoxy) is 1. The van der Waals surface area contributed by atoms with E-state index in [0.29, 0.717) is 6.07 Å². The van der Waals surface area contributed by atoms with Crippen molar-refractivity contribution in [1.29, 1.82) is 0 Å². The number of hydrogen-bond acceptors (Lipinski definition) is 5. The second kappa shape index (κ2) is 9.48. The molecule has 1 amide bonds. The van der Waals surface area contributed by atoms with Crippen LogP contribution in [-0.4, -0.2) is 32.7 Å². The van der Waals surface area contributed by atoms with Crippen molar-refractivity contribution in [1.82, 2.24) is 0 Å². The van der Waals surface area contributed by atoms with Crippen molar-refractivity contribution in [2.75, 3.05) is 17.7 Å². The van der Waals surface area contributed by atoms with Crippen molar-refractivity contribution in [3.63, 3.8) is 0 Å². The number of carbonyl (C=O) groups is 2. The largest absolute Gasteiger partial charge is 0.456 e. The minimum Gasteiger partial charge on any atom is -0.456 e. The molecule has 30 heavy (non-hydrogen) atoms. The van der Waals surface area contributed by atoms with Gasteiger partial charge in [-0.1, -0.05) is 29.3 Å². The normalized spacial score (nSPS) is 11.8. The molecule has 11 heteroatoms. The second-order valence-electron chi connectivity index (χ2n) is 6.28. The van der Waals surface area contributed by atoms with Gasteiger partial charge in [-0.3, -0.25) is 9.59 Å². The summed E-state index contributed by atoms with van der Waals surface area (Å²) >= 11 is 5.55. The zero-order valence-corrected chi connectivity index (χ0v) is 17.2. The predicted molar refractivity (Wildman–Crippen MR) is 104 cm³/mol. The van der Waals surface area contributed by atoms with Gasteiger partial charge in [0.05, 0.1) is 28.3 Å². The van der Waals surface area contributed by atoms with E-state index in [0.717, 1.165) is 17.7 Å². The van der Waals surface area contributed by atoms with E-state index in [1.807, 2.05) is 5.32 Å². The second-order valence-corrected chi connectivity index (χ2v) is 8.82. The van der Waals surface area contributed by atoms with E-state index in [1.54, 1.807) is 19.1 Å². The van der Waals surface area contributed by atoms with Gasteiger partial charge in [-0.05, 0) is 37.3 Å². The monoisotopic (exact) mass is 463 g/mol. The Kier molecular flexibility index (Phi) is 7.49. The Morgan fingerprint density at radius 3 is 2.33 bits per heavy atom. The minimum atomic E-state index is -4.76. The van der Waals surface area contributed by atoms with Crippen molar-refractivity contribution in [2.24, 2.45) is 0 Å². The summed E-state index contributed by atoms with van der Waals surface area (Å²) in [4.78, 5) is 23.6. The molecule has 0 aliphatic carbocycles. The number of nitrogens with one attached hydrogen (secondary N) is 1. The van der Waals surface area contributed by atoms with Crippen LogP contribution in [0.4, 0.5) is 18.9 Å². The van der Waals surface area contributed by atoms with Crippen LogP contribution in [0.3, 0.4) is 0 Å². The summed E-state index contributed by atoms with van der Waals surface area (Å²) in [6.07, 6.45) is -5.27. The predicted octanol–water partition coefficient (Wildman–Crippen LogP) is 4.01. The molecule has 0 heterocycles. The van der Waals surface area contributed by atoms with Crippen LogP contribution in [-0.2, 0) is 30.3 Å². The van der Waals surface area contributed by atoms with Crippen LogP contribution in [0.5, 0.6) is 0 Å². The molecule has 1 N–H and O–H groups in total. The Morgan fingerprint density at radius 2 is 1.73 bits per heavy atom. The Hall–Kier alpha value is -2.59. The Bertz CT molecular complexity index is 1040. The quantitative estimate of drug-likeness (QED) is 0.626. The number of rotatable bonds is 7. The maximum absolute atomic E-state index is 13.0. The molecule has 162 valence electrons. The van der Waals surface area contributed by atoms with E-state index in [-0.39, 0.29) is 9.92 Å². The first kappa shape index (κ1) is 23.7. The first-order valence-electron chi connectivity index (χ1n) is 8.50. The third-order valence-electron chi connectivity index (χ3n) is 3.88. The Morgan fingerprint density at radius 1 is 1.10 bits per heavy atom. The van der Waals surface area contributed by atoms with Gasteiger partial charge in [-0.25, -0.2) is 8.42 Å². The molecule has 0 bridgehead atoms. The molecule has 0 saturated carbocycles. The van der Waals surface area contributed by atoms with Gasteiger partial charge >= 0.3 is 12.1 Å². The number of hydrogen-bond donors (Lipinski definition) is 1. The van der Waals surface area contributed by atoms with Crippen molar-refractivity contribution in [2.45, 2.75) is 24.4 Å². The number of benzene rings is 2. The number of aryl methyl sites for hydroxylation is 1. The molecular weight excluding hydrogens is 447 g/mol. The molecule has 0 aliphatic heterocycles. The summed E-state index contributed by atoms with van der Waals surface area (Å²) < 4.78 is 68.1. The number of alkyl halides is 3. The molecule has 0 atom stereocenters. The number of amides is 1. The molecule has 2 aromatic rings. The summed E-state index contributed by atoms with van der Waals surface area (Å²) in [7, 11) is -3.72. The van der Waals surface area contributed by atoms with Gasteiger partial charge in [0.2, 0.25) is 0 Å². The van der Waals surface area contributed by atoms with Crippen LogP contribution in [0.2, 0.25) is 5.02 Å². The molecule has 0 spiro atoms. The highest BCUT2D eigenvalue weighted by Crippen LogP contribution is 2.36. The van der Waals surface area contributed by atoms with E-state index in [4.69, 9.17) is 11.6 Å². The van der Waals surface area contributed by atoms with Crippen molar-refractivity contribution in [3.8, 4) is 0 Å². The molecule has 0 aliphatic rings. The van der Waals surface area contributed by atoms with Gasteiger partial charge in [-0.2, -0.15) is 13.2 Å². The number of esters is 1. The van der Waals surface area contributed by atoms with Crippen molar-refractivity contribution < 1.29 is 35.9 Å². The van der Waals surface area contributed by atoms with Crippen LogP contribution < -0.4 is 5.32 Å². The summed E-state index contributed by atoms with van der Waals surface area (Å²) in [6.45, 7) is 0.920. The molecule has 0 fully saturated rings. The lowest BCUT2D eigenvalue weighted by Gasteiger charge is -2.14. The first-order chi connectivity index (χ1) is 13.9. The lowest BCUT2D eigenvalue weighted by molar-refractivity contribution is -0.147. The van der Waals surface area contributed by atoms with Gasteiger partial charge in [0.25, 0.3) is 5.91 Å². The average molecular weight is 464 g/mol. The third kappa shape index (κ3) is 6.74. The van der Waals surface area contributed by atoms with Crippen molar-refractivity contribution in [3.05, 3.63) is 58.6 Å². The van der Waals surface area contributed by atoms with Gasteiger partial charge in [-0.15, -0.1) is 0 Å². The average Bonchev–Trinajstić information content (AvgIpc) is 2.66. The molecule has 0 radical (unpaired) electrons. The van der Waals surface area contributed by atoms with Crippen LogP contribution in [0, 0.1) is 6.92 Å². The minimum absolute atomic E-state index is 0.0426. The first-order valence-corrected chi connectivity index (χ1v) is 10.5. The van der Waals surface area contributed by atoms with Gasteiger partial charge in [0, 0.05) is 5.02 Å². The number of halogens is 4. The van der Waals surface area contributed by atoms with E-state index in [9.17, 15) is 31.2 Å². The standard InChI is InChI=1S/C19H17ClF3NO5S/c1-12-2-5-14(6-3-12)30(27,28)9-8-18(26)29-11-17(25)24-16-7-4-13(20)10-15(16)19(21,22)23/h2-7,10H,8-9,11H2,1H3,(H,24,25). The van der Waals surface area contributed by atoms with Gasteiger partial charge in [0.1, 0.15) is 0 Å². The summed E-state index contributed by atoms with van der Waals surface area (Å²) in [6, 6.07) is 8.83. The molecule has 6 nitrogen and oxygen atoms in total. The van der Waals surface area contributed by atoms with E-state index < -0.39 is 57.9 Å². The summed E-state index contributed by atoms with van der Waals surface area (Å²) in [5, 5.41) is 1.82. The van der Waals surface area contributed by atoms with E-state index in [2.05, 4.69) is 4.74 Å². The lowest BCUT2D eigenvalue weighted by atomic mass is 10.1. The highest BCUT2D eigenvalue weighted by Gasteiger charge is 2.34. The maximum Gasteiger partial charge on any atom is 0.418 e. The third-order valence-corrected chi connectivity index (χ3v) is 5.85. The van der Waals surface area contributed by atoms with Gasteiger partial charge < -0.3 is 10.1 Å². The van der Waals surface area contributed by atoms with E-state index in [1.165, 1.54) is 12.1 Å². The zero-order valence-electron chi connectivity index (χ0n) is 15.6. The number of anilines is 1. The van der Waals surface area contributed by atoms with Crippen molar-refractivity contribution >= 4 is 39.0 Å². The Balaban J connectivity index is 1.90. The smallest absolute Gasteiger partial charge is 0.418 e. The molecule has 0 saturated heterocycles. The topological polar surface area (TPSA) is 89.5 Å².